The molecule has 2 heteroatoms. The Balaban J connectivity index is 2.65. The van der Waals surface area contributed by atoms with E-state index in [4.69, 9.17) is 0 Å². The van der Waals surface area contributed by atoms with Crippen molar-refractivity contribution in [1.29, 1.82) is 0 Å². The fraction of sp³-hybridized carbons (Fsp3) is 1.00. The second kappa shape index (κ2) is 8.92. The van der Waals surface area contributed by atoms with Crippen molar-refractivity contribution in [3.8, 4) is 0 Å². The monoisotopic (exact) mass is 142 g/mol. The van der Waals surface area contributed by atoms with Gasteiger partial charge in [-0.3, -0.25) is 0 Å². The molecule has 2 nitrogen and oxygen atoms in total. The molecule has 0 heterocycles. The summed E-state index contributed by atoms with van der Waals surface area (Å²) in [5.74, 6) is 0. The average molecular weight is 142 g/mol. The van der Waals surface area contributed by atoms with Crippen LogP contribution in [0.3, 0.4) is 0 Å². The molecule has 0 saturated carbocycles. The Morgan fingerprint density at radius 1 is 0.700 bits per heavy atom. The van der Waals surface area contributed by atoms with Crippen LogP contribution in [0.15, 0.2) is 0 Å². The van der Waals surface area contributed by atoms with E-state index in [2.05, 4.69) is 10.6 Å². The Kier molecular flexibility index (Phi) is 8.85. The third kappa shape index (κ3) is 7.92. The van der Waals surface area contributed by atoms with Gasteiger partial charge in [-0.25, -0.2) is 10.6 Å². The first kappa shape index (κ1) is 9.92. The molecule has 60 valence electrons. The fourth-order valence-corrected chi connectivity index (χ4v) is 0.893. The molecule has 0 aliphatic heterocycles. The van der Waals surface area contributed by atoms with Gasteiger partial charge < -0.3 is 0 Å². The summed E-state index contributed by atoms with van der Waals surface area (Å²) in [7, 11) is 3.75. The normalized spacial score (nSPS) is 10.2. The SMILES string of the molecule is C[N]CCCCCC[N]C. The zero-order valence-electron chi connectivity index (χ0n) is 7.14. The maximum atomic E-state index is 4.03. The van der Waals surface area contributed by atoms with E-state index in [1.165, 1.54) is 25.7 Å². The van der Waals surface area contributed by atoms with Crippen LogP contribution in [0.2, 0.25) is 0 Å². The van der Waals surface area contributed by atoms with Gasteiger partial charge in [0.25, 0.3) is 0 Å². The highest BCUT2D eigenvalue weighted by atomic mass is 14.8. The smallest absolute Gasteiger partial charge is 0.0130 e. The molecule has 0 spiro atoms. The third-order valence-electron chi connectivity index (χ3n) is 1.51. The summed E-state index contributed by atoms with van der Waals surface area (Å²) in [6.07, 6.45) is 5.13. The van der Waals surface area contributed by atoms with Gasteiger partial charge in [-0.1, -0.05) is 12.8 Å². The third-order valence-corrected chi connectivity index (χ3v) is 1.51. The summed E-state index contributed by atoms with van der Waals surface area (Å²) in [4.78, 5) is 0. The van der Waals surface area contributed by atoms with Crippen molar-refractivity contribution >= 4 is 0 Å². The lowest BCUT2D eigenvalue weighted by atomic mass is 10.2. The molecule has 0 aliphatic rings. The Labute approximate surface area is 64.4 Å². The van der Waals surface area contributed by atoms with Crippen LogP contribution in [0.4, 0.5) is 0 Å². The van der Waals surface area contributed by atoms with Crippen LogP contribution in [0.5, 0.6) is 0 Å². The lowest BCUT2D eigenvalue weighted by molar-refractivity contribution is 0.594. The quantitative estimate of drug-likeness (QED) is 0.475. The van der Waals surface area contributed by atoms with E-state index < -0.39 is 0 Å². The van der Waals surface area contributed by atoms with Gasteiger partial charge >= 0.3 is 0 Å². The first-order valence-corrected chi connectivity index (χ1v) is 4.03. The molecule has 0 aromatic carbocycles. The molecule has 0 bridgehead atoms. The molecule has 0 aromatic rings. The largest absolute Gasteiger partial charge is 0.245 e. The minimum Gasteiger partial charge on any atom is -0.245 e. The number of hydrogen-bond donors (Lipinski definition) is 0. The van der Waals surface area contributed by atoms with Crippen molar-refractivity contribution in [3.05, 3.63) is 0 Å². The van der Waals surface area contributed by atoms with E-state index in [0.29, 0.717) is 0 Å². The van der Waals surface area contributed by atoms with E-state index in [1.54, 1.807) is 0 Å². The van der Waals surface area contributed by atoms with Gasteiger partial charge in [-0.05, 0) is 12.8 Å². The Morgan fingerprint density at radius 2 is 1.10 bits per heavy atom. The van der Waals surface area contributed by atoms with Crippen LogP contribution in [0.25, 0.3) is 0 Å². The summed E-state index contributed by atoms with van der Waals surface area (Å²) in [6.45, 7) is 2.06. The highest BCUT2D eigenvalue weighted by molar-refractivity contribution is 4.46. The molecule has 0 N–H and O–H groups in total. The zero-order chi connectivity index (χ0) is 7.66. The van der Waals surface area contributed by atoms with Gasteiger partial charge in [-0.15, -0.1) is 0 Å². The fourth-order valence-electron chi connectivity index (χ4n) is 0.893. The molecule has 0 aliphatic carbocycles. The first-order valence-electron chi connectivity index (χ1n) is 4.03. The maximum Gasteiger partial charge on any atom is 0.0130 e. The van der Waals surface area contributed by atoms with Crippen molar-refractivity contribution in [1.82, 2.24) is 10.6 Å². The van der Waals surface area contributed by atoms with Crippen LogP contribution in [-0.4, -0.2) is 27.2 Å². The van der Waals surface area contributed by atoms with Crippen molar-refractivity contribution in [2.45, 2.75) is 25.7 Å². The Bertz CT molecular complexity index is 47.2. The van der Waals surface area contributed by atoms with E-state index in [9.17, 15) is 0 Å². The molecular weight excluding hydrogens is 124 g/mol. The van der Waals surface area contributed by atoms with Gasteiger partial charge in [-0.2, -0.15) is 0 Å². The van der Waals surface area contributed by atoms with E-state index in [0.717, 1.165) is 13.1 Å². The second-order valence-corrected chi connectivity index (χ2v) is 2.49. The molecule has 10 heavy (non-hydrogen) atoms. The van der Waals surface area contributed by atoms with Crippen molar-refractivity contribution in [3.63, 3.8) is 0 Å². The predicted molar refractivity (Wildman–Crippen MR) is 44.3 cm³/mol. The van der Waals surface area contributed by atoms with Crippen LogP contribution >= 0.6 is 0 Å². The highest BCUT2D eigenvalue weighted by Crippen LogP contribution is 1.97. The molecule has 2 radical (unpaired) electrons. The van der Waals surface area contributed by atoms with Crippen LogP contribution in [0, 0.1) is 0 Å². The minimum atomic E-state index is 1.03. The topological polar surface area (TPSA) is 28.2 Å². The zero-order valence-corrected chi connectivity index (χ0v) is 7.14. The van der Waals surface area contributed by atoms with Gasteiger partial charge in [0.1, 0.15) is 0 Å². The highest BCUT2D eigenvalue weighted by Gasteiger charge is 1.87. The van der Waals surface area contributed by atoms with Crippen molar-refractivity contribution in [2.75, 3.05) is 27.2 Å². The minimum absolute atomic E-state index is 1.03. The molecule has 0 fully saturated rings. The Morgan fingerprint density at radius 3 is 1.40 bits per heavy atom. The predicted octanol–water partition coefficient (Wildman–Crippen LogP) is 1.02. The molecule has 0 unspecified atom stereocenters. The number of unbranched alkanes of at least 4 members (excludes halogenated alkanes) is 3. The van der Waals surface area contributed by atoms with Crippen molar-refractivity contribution in [2.24, 2.45) is 0 Å². The Hall–Kier alpha value is -0.0800. The number of rotatable bonds is 7. The van der Waals surface area contributed by atoms with Gasteiger partial charge in [0.05, 0.1) is 0 Å². The molecule has 0 rings (SSSR count). The van der Waals surface area contributed by atoms with E-state index in [-0.39, 0.29) is 0 Å². The number of nitrogens with zero attached hydrogens (tertiary/aromatic N) is 2. The van der Waals surface area contributed by atoms with E-state index in [1.807, 2.05) is 14.1 Å². The number of hydrogen-bond acceptors (Lipinski definition) is 0. The van der Waals surface area contributed by atoms with Gasteiger partial charge in [0.2, 0.25) is 0 Å². The second-order valence-electron chi connectivity index (χ2n) is 2.49. The summed E-state index contributed by atoms with van der Waals surface area (Å²) < 4.78 is 0. The molecule has 0 amide bonds. The molecular formula is C8H18N2. The van der Waals surface area contributed by atoms with Crippen LogP contribution in [0.1, 0.15) is 25.7 Å². The summed E-state index contributed by atoms with van der Waals surface area (Å²) in [5.41, 5.74) is 0. The standard InChI is InChI=1S/C8H18N2/c1-9-7-5-3-4-6-8-10-2/h3-8H2,1-2H3. The molecule has 0 atom stereocenters. The van der Waals surface area contributed by atoms with Gasteiger partial charge in [0, 0.05) is 27.2 Å². The van der Waals surface area contributed by atoms with Crippen LogP contribution in [-0.2, 0) is 0 Å². The lowest BCUT2D eigenvalue weighted by Gasteiger charge is -1.97. The first-order chi connectivity index (χ1) is 4.91. The molecule has 0 saturated heterocycles. The lowest BCUT2D eigenvalue weighted by Crippen LogP contribution is -2.01. The van der Waals surface area contributed by atoms with Gasteiger partial charge in [0.15, 0.2) is 0 Å². The van der Waals surface area contributed by atoms with Crippen molar-refractivity contribution < 1.29 is 0 Å². The average Bonchev–Trinajstić information content (AvgIpc) is 1.97. The van der Waals surface area contributed by atoms with Crippen LogP contribution < -0.4 is 10.6 Å². The molecule has 0 aromatic heterocycles. The van der Waals surface area contributed by atoms with E-state index >= 15 is 0 Å². The summed E-state index contributed by atoms with van der Waals surface area (Å²) in [5, 5.41) is 8.06. The maximum absolute atomic E-state index is 4.03. The summed E-state index contributed by atoms with van der Waals surface area (Å²) >= 11 is 0. The summed E-state index contributed by atoms with van der Waals surface area (Å²) in [6, 6.07) is 0.